The van der Waals surface area contributed by atoms with Crippen LogP contribution in [0.1, 0.15) is 25.0 Å². The van der Waals surface area contributed by atoms with Gasteiger partial charge >= 0.3 is 0 Å². The lowest BCUT2D eigenvalue weighted by Gasteiger charge is -2.18. The molecule has 1 aromatic rings. The van der Waals surface area contributed by atoms with Gasteiger partial charge in [0.25, 0.3) is 0 Å². The van der Waals surface area contributed by atoms with Crippen molar-refractivity contribution in [3.05, 3.63) is 23.8 Å². The van der Waals surface area contributed by atoms with Crippen LogP contribution in [0.4, 0.5) is 5.69 Å². The Labute approximate surface area is 105 Å². The fourth-order valence-corrected chi connectivity index (χ4v) is 1.53. The van der Waals surface area contributed by atoms with E-state index in [1.54, 1.807) is 0 Å². The molecule has 6 heteroatoms. The van der Waals surface area contributed by atoms with Gasteiger partial charge < -0.3 is 26.4 Å². The third-order valence-corrected chi connectivity index (χ3v) is 2.57. The molecular formula is C12H18N2O4. The molecule has 2 atom stereocenters. The lowest BCUT2D eigenvalue weighted by atomic mass is 10.0. The van der Waals surface area contributed by atoms with Crippen LogP contribution in [0.2, 0.25) is 0 Å². The zero-order valence-corrected chi connectivity index (χ0v) is 10.1. The van der Waals surface area contributed by atoms with Crippen molar-refractivity contribution in [3.63, 3.8) is 0 Å². The maximum Gasteiger partial charge on any atom is 0.216 e. The summed E-state index contributed by atoms with van der Waals surface area (Å²) in [5, 5.41) is 31.4. The van der Waals surface area contributed by atoms with Crippen molar-refractivity contribution in [2.24, 2.45) is 0 Å². The summed E-state index contributed by atoms with van der Waals surface area (Å²) in [6.07, 6.45) is -1.90. The number of amides is 1. The van der Waals surface area contributed by atoms with Crippen molar-refractivity contribution in [3.8, 4) is 5.75 Å². The second-order valence-corrected chi connectivity index (χ2v) is 4.10. The van der Waals surface area contributed by atoms with Crippen molar-refractivity contribution in [1.29, 1.82) is 0 Å². The smallest absolute Gasteiger partial charge is 0.216 e. The Bertz CT molecular complexity index is 423. The number of hydrogen-bond acceptors (Lipinski definition) is 5. The first-order chi connectivity index (χ1) is 8.41. The molecule has 0 radical (unpaired) electrons. The highest BCUT2D eigenvalue weighted by molar-refractivity contribution is 5.72. The minimum Gasteiger partial charge on any atom is -0.506 e. The zero-order valence-electron chi connectivity index (χ0n) is 10.1. The molecular weight excluding hydrogens is 236 g/mol. The highest BCUT2D eigenvalue weighted by atomic mass is 16.3. The number of benzene rings is 1. The number of aromatic hydroxyl groups is 1. The number of hydrogen-bond donors (Lipinski definition) is 5. The van der Waals surface area contributed by atoms with Crippen molar-refractivity contribution in [2.75, 3.05) is 12.3 Å². The Hall–Kier alpha value is -1.79. The average Bonchev–Trinajstić information content (AvgIpc) is 2.31. The van der Waals surface area contributed by atoms with Gasteiger partial charge in [-0.15, -0.1) is 0 Å². The number of carbonyl (C=O) groups is 1. The first-order valence-electron chi connectivity index (χ1n) is 5.60. The summed E-state index contributed by atoms with van der Waals surface area (Å²) in [5.74, 6) is -0.260. The van der Waals surface area contributed by atoms with Crippen LogP contribution in [-0.2, 0) is 4.79 Å². The van der Waals surface area contributed by atoms with E-state index in [0.29, 0.717) is 5.56 Å². The first kappa shape index (κ1) is 14.3. The molecule has 0 spiro atoms. The summed E-state index contributed by atoms with van der Waals surface area (Å²) >= 11 is 0. The Kier molecular flexibility index (Phi) is 4.94. The minimum absolute atomic E-state index is 0.0707. The van der Waals surface area contributed by atoms with E-state index in [1.807, 2.05) is 0 Å². The monoisotopic (exact) mass is 254 g/mol. The number of phenolic OH excluding ortho intramolecular Hbond substituents is 1. The molecule has 6 N–H and O–H groups in total. The first-order valence-corrected chi connectivity index (χ1v) is 5.60. The third-order valence-electron chi connectivity index (χ3n) is 2.57. The fourth-order valence-electron chi connectivity index (χ4n) is 1.53. The van der Waals surface area contributed by atoms with Gasteiger partial charge in [-0.25, -0.2) is 0 Å². The predicted molar refractivity (Wildman–Crippen MR) is 66.8 cm³/mol. The Morgan fingerprint density at radius 1 is 1.44 bits per heavy atom. The van der Waals surface area contributed by atoms with Crippen LogP contribution in [0.5, 0.6) is 5.75 Å². The van der Waals surface area contributed by atoms with E-state index in [9.17, 15) is 20.1 Å². The van der Waals surface area contributed by atoms with E-state index in [1.165, 1.54) is 25.1 Å². The second-order valence-electron chi connectivity index (χ2n) is 4.10. The number of nitrogens with two attached hydrogens (primary N) is 1. The largest absolute Gasteiger partial charge is 0.506 e. The van der Waals surface area contributed by atoms with Crippen LogP contribution < -0.4 is 11.1 Å². The van der Waals surface area contributed by atoms with Gasteiger partial charge in [0.1, 0.15) is 11.9 Å². The van der Waals surface area contributed by atoms with E-state index in [-0.39, 0.29) is 30.3 Å². The van der Waals surface area contributed by atoms with Gasteiger partial charge in [0.15, 0.2) is 0 Å². The number of carbonyl (C=O) groups excluding carboxylic acids is 1. The maximum absolute atomic E-state index is 10.6. The summed E-state index contributed by atoms with van der Waals surface area (Å²) in [6, 6.07) is 4.24. The van der Waals surface area contributed by atoms with Crippen molar-refractivity contribution >= 4 is 11.6 Å². The minimum atomic E-state index is -1.11. The van der Waals surface area contributed by atoms with Crippen molar-refractivity contribution in [1.82, 2.24) is 5.32 Å². The summed E-state index contributed by atoms with van der Waals surface area (Å²) in [4.78, 5) is 10.6. The number of aliphatic hydroxyl groups is 2. The molecule has 1 aromatic carbocycles. The normalized spacial score (nSPS) is 13.9. The van der Waals surface area contributed by atoms with E-state index < -0.39 is 12.2 Å². The van der Waals surface area contributed by atoms with Crippen LogP contribution in [0.25, 0.3) is 0 Å². The van der Waals surface area contributed by atoms with E-state index >= 15 is 0 Å². The van der Waals surface area contributed by atoms with Crippen LogP contribution >= 0.6 is 0 Å². The predicted octanol–water partition coefficient (Wildman–Crippen LogP) is -0.105. The topological polar surface area (TPSA) is 116 Å². The van der Waals surface area contributed by atoms with Crippen molar-refractivity contribution in [2.45, 2.75) is 25.6 Å². The molecule has 0 heterocycles. The molecule has 0 aliphatic heterocycles. The highest BCUT2D eigenvalue weighted by Crippen LogP contribution is 2.26. The summed E-state index contributed by atoms with van der Waals surface area (Å²) in [5.41, 5.74) is 6.06. The number of aliphatic hydroxyl groups excluding tert-OH is 2. The van der Waals surface area contributed by atoms with Gasteiger partial charge in [0.05, 0.1) is 11.8 Å². The molecule has 6 nitrogen and oxygen atoms in total. The molecule has 0 bridgehead atoms. The highest BCUT2D eigenvalue weighted by Gasteiger charge is 2.18. The van der Waals surface area contributed by atoms with Gasteiger partial charge in [0, 0.05) is 13.5 Å². The lowest BCUT2D eigenvalue weighted by Crippen LogP contribution is -2.27. The zero-order chi connectivity index (χ0) is 13.7. The van der Waals surface area contributed by atoms with Gasteiger partial charge in [-0.1, -0.05) is 6.07 Å². The summed E-state index contributed by atoms with van der Waals surface area (Å²) in [7, 11) is 0. The molecule has 1 rings (SSSR count). The van der Waals surface area contributed by atoms with Gasteiger partial charge in [-0.05, 0) is 24.1 Å². The molecule has 100 valence electrons. The average molecular weight is 254 g/mol. The van der Waals surface area contributed by atoms with Crippen LogP contribution in [0.3, 0.4) is 0 Å². The summed E-state index contributed by atoms with van der Waals surface area (Å²) in [6.45, 7) is 1.66. The Balaban J connectivity index is 2.59. The van der Waals surface area contributed by atoms with Crippen LogP contribution in [0, 0.1) is 0 Å². The summed E-state index contributed by atoms with van der Waals surface area (Å²) < 4.78 is 0. The van der Waals surface area contributed by atoms with Crippen LogP contribution in [-0.4, -0.2) is 33.9 Å². The SMILES string of the molecule is CC(=O)NCCC(O)C(O)c1ccc(O)c(N)c1. The number of rotatable bonds is 5. The number of nitrogen functional groups attached to an aromatic ring is 1. The van der Waals surface area contributed by atoms with E-state index in [4.69, 9.17) is 5.73 Å². The number of anilines is 1. The number of nitrogens with one attached hydrogen (secondary N) is 1. The molecule has 0 aromatic heterocycles. The van der Waals surface area contributed by atoms with Gasteiger partial charge in [0.2, 0.25) is 5.91 Å². The molecule has 18 heavy (non-hydrogen) atoms. The molecule has 0 fully saturated rings. The molecule has 0 aliphatic rings. The Morgan fingerprint density at radius 2 is 2.11 bits per heavy atom. The fraction of sp³-hybridized carbons (Fsp3) is 0.417. The molecule has 1 amide bonds. The molecule has 0 saturated carbocycles. The van der Waals surface area contributed by atoms with Crippen molar-refractivity contribution < 1.29 is 20.1 Å². The Morgan fingerprint density at radius 3 is 2.67 bits per heavy atom. The molecule has 0 aliphatic carbocycles. The van der Waals surface area contributed by atoms with Gasteiger partial charge in [-0.3, -0.25) is 4.79 Å². The number of phenols is 1. The third kappa shape index (κ3) is 3.90. The quantitative estimate of drug-likeness (QED) is 0.371. The van der Waals surface area contributed by atoms with E-state index in [2.05, 4.69) is 5.32 Å². The van der Waals surface area contributed by atoms with Gasteiger partial charge in [-0.2, -0.15) is 0 Å². The maximum atomic E-state index is 10.6. The lowest BCUT2D eigenvalue weighted by molar-refractivity contribution is -0.119. The van der Waals surface area contributed by atoms with Crippen LogP contribution in [0.15, 0.2) is 18.2 Å². The molecule has 2 unspecified atom stereocenters. The van der Waals surface area contributed by atoms with E-state index in [0.717, 1.165) is 0 Å². The molecule has 0 saturated heterocycles. The second kappa shape index (κ2) is 6.23. The standard InChI is InChI=1S/C12H18N2O4/c1-7(15)14-5-4-11(17)12(18)8-2-3-10(16)9(13)6-8/h2-3,6,11-12,16-18H,4-5,13H2,1H3,(H,14,15).